The van der Waals surface area contributed by atoms with Gasteiger partial charge in [-0.1, -0.05) is 0 Å². The molecule has 0 unspecified atom stereocenters. The Labute approximate surface area is 103 Å². The van der Waals surface area contributed by atoms with Gasteiger partial charge in [-0.3, -0.25) is 4.90 Å². The number of rotatable bonds is 1. The van der Waals surface area contributed by atoms with Crippen LogP contribution in [0.3, 0.4) is 0 Å². The minimum Gasteiger partial charge on any atom is -0.336 e. The molecule has 5 heteroatoms. The van der Waals surface area contributed by atoms with Crippen molar-refractivity contribution in [2.45, 2.75) is 24.9 Å². The first kappa shape index (κ1) is 11.3. The summed E-state index contributed by atoms with van der Waals surface area (Å²) in [6, 6.07) is 1.29. The molecule has 0 saturated carbocycles. The van der Waals surface area contributed by atoms with Crippen LogP contribution in [-0.2, 0) is 0 Å². The summed E-state index contributed by atoms with van der Waals surface area (Å²) in [6.45, 7) is 6.29. The Bertz CT molecular complexity index is 301. The maximum Gasteiger partial charge on any atom is 0.317 e. The van der Waals surface area contributed by atoms with Gasteiger partial charge < -0.3 is 15.1 Å². The maximum absolute atomic E-state index is 11.5. The van der Waals surface area contributed by atoms with Crippen molar-refractivity contribution in [1.82, 2.24) is 20.0 Å². The minimum atomic E-state index is 0.137. The van der Waals surface area contributed by atoms with Crippen molar-refractivity contribution in [3.63, 3.8) is 0 Å². The molecule has 0 aromatic carbocycles. The first-order valence-corrected chi connectivity index (χ1v) is 6.71. The van der Waals surface area contributed by atoms with Crippen molar-refractivity contribution in [2.24, 2.45) is 0 Å². The molecule has 3 saturated heterocycles. The first-order valence-electron chi connectivity index (χ1n) is 6.71. The molecular weight excluding hydrogens is 216 g/mol. The number of piperazine rings is 1. The SMILES string of the molecule is CN1CCC(N2CCN3C(=O)NC[C@H]3C2)CC1. The topological polar surface area (TPSA) is 38.8 Å². The molecule has 0 aliphatic carbocycles. The largest absolute Gasteiger partial charge is 0.336 e. The fraction of sp³-hybridized carbons (Fsp3) is 0.917. The van der Waals surface area contributed by atoms with Crippen LogP contribution in [0.15, 0.2) is 0 Å². The zero-order valence-electron chi connectivity index (χ0n) is 10.6. The zero-order valence-corrected chi connectivity index (χ0v) is 10.6. The van der Waals surface area contributed by atoms with Crippen LogP contribution in [-0.4, -0.2) is 79.1 Å². The molecule has 0 bridgehead atoms. The normalized spacial score (nSPS) is 32.6. The standard InChI is InChI=1S/C12H22N4O/c1-14-4-2-10(3-5-14)15-6-7-16-11(9-15)8-13-12(16)17/h10-11H,2-9H2,1H3,(H,13,17)/t11-/m0/s1. The second-order valence-electron chi connectivity index (χ2n) is 5.56. The van der Waals surface area contributed by atoms with Crippen LogP contribution in [0.1, 0.15) is 12.8 Å². The van der Waals surface area contributed by atoms with E-state index in [1.54, 1.807) is 0 Å². The van der Waals surface area contributed by atoms with Gasteiger partial charge in [0.15, 0.2) is 0 Å². The Hall–Kier alpha value is -0.810. The molecule has 3 fully saturated rings. The van der Waals surface area contributed by atoms with Gasteiger partial charge in [-0.2, -0.15) is 0 Å². The number of hydrogen-bond donors (Lipinski definition) is 1. The number of urea groups is 1. The first-order chi connectivity index (χ1) is 8.24. The van der Waals surface area contributed by atoms with Crippen molar-refractivity contribution >= 4 is 6.03 Å². The second kappa shape index (κ2) is 4.46. The lowest BCUT2D eigenvalue weighted by atomic mass is 10.0. The van der Waals surface area contributed by atoms with E-state index in [0.29, 0.717) is 6.04 Å². The van der Waals surface area contributed by atoms with E-state index in [4.69, 9.17) is 0 Å². The van der Waals surface area contributed by atoms with Crippen LogP contribution < -0.4 is 5.32 Å². The molecule has 1 atom stereocenters. The molecular formula is C12H22N4O. The van der Waals surface area contributed by atoms with Crippen LogP contribution >= 0.6 is 0 Å². The Morgan fingerprint density at radius 2 is 1.88 bits per heavy atom. The highest BCUT2D eigenvalue weighted by atomic mass is 16.2. The lowest BCUT2D eigenvalue weighted by Crippen LogP contribution is -2.56. The monoisotopic (exact) mass is 238 g/mol. The highest BCUT2D eigenvalue weighted by molar-refractivity contribution is 5.77. The summed E-state index contributed by atoms with van der Waals surface area (Å²) >= 11 is 0. The zero-order chi connectivity index (χ0) is 11.8. The third-order valence-corrected chi connectivity index (χ3v) is 4.47. The number of carbonyl (C=O) groups is 1. The van der Waals surface area contributed by atoms with Gasteiger partial charge in [-0.25, -0.2) is 4.79 Å². The molecule has 2 amide bonds. The average molecular weight is 238 g/mol. The Morgan fingerprint density at radius 3 is 2.65 bits per heavy atom. The van der Waals surface area contributed by atoms with Gasteiger partial charge in [0.25, 0.3) is 0 Å². The molecule has 17 heavy (non-hydrogen) atoms. The summed E-state index contributed by atoms with van der Waals surface area (Å²) in [5, 5.41) is 2.94. The van der Waals surface area contributed by atoms with Gasteiger partial charge in [0.05, 0.1) is 6.04 Å². The lowest BCUT2D eigenvalue weighted by Gasteiger charge is -2.43. The number of nitrogens with one attached hydrogen (secondary N) is 1. The minimum absolute atomic E-state index is 0.137. The summed E-state index contributed by atoms with van der Waals surface area (Å²) in [5.74, 6) is 0. The van der Waals surface area contributed by atoms with Crippen molar-refractivity contribution < 1.29 is 4.79 Å². The van der Waals surface area contributed by atoms with Gasteiger partial charge in [-0.05, 0) is 33.0 Å². The summed E-state index contributed by atoms with van der Waals surface area (Å²) in [7, 11) is 2.20. The molecule has 5 nitrogen and oxygen atoms in total. The predicted octanol–water partition coefficient (Wildman–Crippen LogP) is -0.210. The van der Waals surface area contributed by atoms with Gasteiger partial charge in [-0.15, -0.1) is 0 Å². The molecule has 96 valence electrons. The molecule has 0 spiro atoms. The molecule has 1 N–H and O–H groups in total. The van der Waals surface area contributed by atoms with E-state index in [1.165, 1.54) is 25.9 Å². The van der Waals surface area contributed by atoms with Crippen LogP contribution in [0.4, 0.5) is 4.79 Å². The molecule has 3 heterocycles. The van der Waals surface area contributed by atoms with Crippen molar-refractivity contribution in [3.05, 3.63) is 0 Å². The molecule has 3 rings (SSSR count). The number of hydrogen-bond acceptors (Lipinski definition) is 3. The van der Waals surface area contributed by atoms with Crippen molar-refractivity contribution in [3.8, 4) is 0 Å². The Morgan fingerprint density at radius 1 is 1.12 bits per heavy atom. The lowest BCUT2D eigenvalue weighted by molar-refractivity contribution is 0.0591. The summed E-state index contributed by atoms with van der Waals surface area (Å²) in [4.78, 5) is 18.5. The molecule has 3 aliphatic heterocycles. The fourth-order valence-corrected chi connectivity index (χ4v) is 3.32. The summed E-state index contributed by atoms with van der Waals surface area (Å²) in [6.07, 6.45) is 2.56. The number of fused-ring (bicyclic) bond motifs is 1. The van der Waals surface area contributed by atoms with E-state index in [2.05, 4.69) is 22.2 Å². The highest BCUT2D eigenvalue weighted by Gasteiger charge is 2.37. The number of likely N-dealkylation sites (tertiary alicyclic amines) is 1. The quantitative estimate of drug-likeness (QED) is 0.687. The molecule has 0 radical (unpaired) electrons. The van der Waals surface area contributed by atoms with E-state index >= 15 is 0 Å². The van der Waals surface area contributed by atoms with E-state index in [-0.39, 0.29) is 6.03 Å². The maximum atomic E-state index is 11.5. The molecule has 0 aromatic heterocycles. The highest BCUT2D eigenvalue weighted by Crippen LogP contribution is 2.21. The van der Waals surface area contributed by atoms with Gasteiger partial charge in [0.2, 0.25) is 0 Å². The van der Waals surface area contributed by atoms with Crippen molar-refractivity contribution in [1.29, 1.82) is 0 Å². The summed E-state index contributed by atoms with van der Waals surface area (Å²) in [5.41, 5.74) is 0. The number of nitrogens with zero attached hydrogens (tertiary/aromatic N) is 3. The van der Waals surface area contributed by atoms with Crippen LogP contribution in [0.5, 0.6) is 0 Å². The van der Waals surface area contributed by atoms with E-state index < -0.39 is 0 Å². The average Bonchev–Trinajstić information content (AvgIpc) is 2.72. The third-order valence-electron chi connectivity index (χ3n) is 4.47. The third kappa shape index (κ3) is 2.13. The van der Waals surface area contributed by atoms with Crippen LogP contribution in [0.2, 0.25) is 0 Å². The number of amides is 2. The van der Waals surface area contributed by atoms with Crippen molar-refractivity contribution in [2.75, 3.05) is 46.3 Å². The fourth-order valence-electron chi connectivity index (χ4n) is 3.32. The van der Waals surface area contributed by atoms with Gasteiger partial charge >= 0.3 is 6.03 Å². The van der Waals surface area contributed by atoms with Gasteiger partial charge in [0, 0.05) is 32.2 Å². The molecule has 3 aliphatic rings. The Balaban J connectivity index is 1.58. The van der Waals surface area contributed by atoms with Gasteiger partial charge in [0.1, 0.15) is 0 Å². The van der Waals surface area contributed by atoms with E-state index in [9.17, 15) is 4.79 Å². The number of carbonyl (C=O) groups excluding carboxylic acids is 1. The Kier molecular flexibility index (Phi) is 2.96. The number of piperidine rings is 1. The van der Waals surface area contributed by atoms with E-state index in [0.717, 1.165) is 32.2 Å². The summed E-state index contributed by atoms with van der Waals surface area (Å²) < 4.78 is 0. The smallest absolute Gasteiger partial charge is 0.317 e. The predicted molar refractivity (Wildman–Crippen MR) is 66.0 cm³/mol. The second-order valence-corrected chi connectivity index (χ2v) is 5.56. The van der Waals surface area contributed by atoms with E-state index in [1.807, 2.05) is 4.90 Å². The molecule has 0 aromatic rings. The van der Waals surface area contributed by atoms with Crippen LogP contribution in [0.25, 0.3) is 0 Å². The van der Waals surface area contributed by atoms with Crippen LogP contribution in [0, 0.1) is 0 Å².